The lowest BCUT2D eigenvalue weighted by Gasteiger charge is -2.24. The summed E-state index contributed by atoms with van der Waals surface area (Å²) >= 11 is 0. The van der Waals surface area contributed by atoms with Gasteiger partial charge < -0.3 is 0 Å². The predicted molar refractivity (Wildman–Crippen MR) is 39.3 cm³/mol. The molecule has 1 unspecified atom stereocenters. The fraction of sp³-hybridized carbons (Fsp3) is 1.00. The zero-order valence-corrected chi connectivity index (χ0v) is 6.87. The van der Waals surface area contributed by atoms with Crippen LogP contribution >= 0.6 is 0 Å². The van der Waals surface area contributed by atoms with Crippen molar-refractivity contribution < 1.29 is 4.39 Å². The van der Waals surface area contributed by atoms with Crippen molar-refractivity contribution in [1.82, 2.24) is 0 Å². The van der Waals surface area contributed by atoms with E-state index < -0.39 is 5.67 Å². The van der Waals surface area contributed by atoms with Crippen LogP contribution in [0.3, 0.4) is 0 Å². The first-order valence-corrected chi connectivity index (χ1v) is 3.73. The molecule has 0 saturated carbocycles. The van der Waals surface area contributed by atoms with Crippen molar-refractivity contribution >= 4 is 0 Å². The highest BCUT2D eigenvalue weighted by Gasteiger charge is 2.26. The van der Waals surface area contributed by atoms with Crippen LogP contribution in [0.1, 0.15) is 40.5 Å². The summed E-state index contributed by atoms with van der Waals surface area (Å²) in [5.41, 5.74) is -0.950. The Morgan fingerprint density at radius 1 is 1.44 bits per heavy atom. The molecule has 0 aliphatic carbocycles. The van der Waals surface area contributed by atoms with Crippen molar-refractivity contribution in [2.75, 3.05) is 0 Å². The van der Waals surface area contributed by atoms with E-state index in [1.54, 1.807) is 6.92 Å². The third-order valence-corrected chi connectivity index (χ3v) is 2.33. The number of rotatable bonds is 3. The second kappa shape index (κ2) is 3.19. The highest BCUT2D eigenvalue weighted by atomic mass is 19.1. The molecule has 0 spiro atoms. The number of hydrogen-bond donors (Lipinski definition) is 0. The maximum Gasteiger partial charge on any atom is 0.110 e. The maximum absolute atomic E-state index is 13.2. The van der Waals surface area contributed by atoms with E-state index >= 15 is 0 Å². The van der Waals surface area contributed by atoms with Crippen LogP contribution in [0.2, 0.25) is 0 Å². The van der Waals surface area contributed by atoms with Gasteiger partial charge in [0.15, 0.2) is 0 Å². The minimum absolute atomic E-state index is 0.197. The minimum atomic E-state index is -0.950. The summed E-state index contributed by atoms with van der Waals surface area (Å²) < 4.78 is 13.2. The van der Waals surface area contributed by atoms with E-state index in [0.717, 1.165) is 6.42 Å². The van der Waals surface area contributed by atoms with Crippen molar-refractivity contribution in [3.8, 4) is 0 Å². The van der Waals surface area contributed by atoms with Crippen LogP contribution in [0, 0.1) is 5.92 Å². The van der Waals surface area contributed by atoms with Gasteiger partial charge in [0.1, 0.15) is 5.67 Å². The fourth-order valence-corrected chi connectivity index (χ4v) is 0.774. The average Bonchev–Trinajstić information content (AvgIpc) is 1.86. The maximum atomic E-state index is 13.2. The quantitative estimate of drug-likeness (QED) is 0.553. The van der Waals surface area contributed by atoms with Gasteiger partial charge in [-0.25, -0.2) is 4.39 Å². The van der Waals surface area contributed by atoms with Gasteiger partial charge in [-0.15, -0.1) is 0 Å². The molecule has 0 aromatic carbocycles. The molecule has 0 nitrogen and oxygen atoms in total. The highest BCUT2D eigenvalue weighted by molar-refractivity contribution is 4.76. The molecule has 0 N–H and O–H groups in total. The zero-order valence-electron chi connectivity index (χ0n) is 6.87. The van der Waals surface area contributed by atoms with Gasteiger partial charge >= 0.3 is 0 Å². The van der Waals surface area contributed by atoms with Crippen molar-refractivity contribution in [1.29, 1.82) is 0 Å². The summed E-state index contributed by atoms with van der Waals surface area (Å²) in [6.45, 7) is 7.56. The summed E-state index contributed by atoms with van der Waals surface area (Å²) in [7, 11) is 0. The third kappa shape index (κ3) is 2.33. The Kier molecular flexibility index (Phi) is 3.16. The van der Waals surface area contributed by atoms with Crippen molar-refractivity contribution in [3.63, 3.8) is 0 Å². The summed E-state index contributed by atoms with van der Waals surface area (Å²) in [5, 5.41) is 0. The van der Waals surface area contributed by atoms with Crippen molar-refractivity contribution in [2.45, 2.75) is 46.2 Å². The van der Waals surface area contributed by atoms with E-state index in [1.165, 1.54) is 0 Å². The number of halogens is 1. The molecule has 1 heteroatoms. The molecular formula is C8H17F. The van der Waals surface area contributed by atoms with Gasteiger partial charge in [-0.05, 0) is 19.3 Å². The minimum Gasteiger partial charge on any atom is -0.244 e. The van der Waals surface area contributed by atoms with Crippen LogP contribution in [0.4, 0.5) is 4.39 Å². The van der Waals surface area contributed by atoms with E-state index in [-0.39, 0.29) is 5.92 Å². The molecule has 0 aromatic rings. The molecule has 0 saturated heterocycles. The zero-order chi connectivity index (χ0) is 7.49. The molecule has 0 fully saturated rings. The first-order valence-electron chi connectivity index (χ1n) is 3.73. The first kappa shape index (κ1) is 8.93. The summed E-state index contributed by atoms with van der Waals surface area (Å²) in [4.78, 5) is 0. The normalized spacial score (nSPS) is 21.0. The smallest absolute Gasteiger partial charge is 0.110 e. The van der Waals surface area contributed by atoms with Crippen molar-refractivity contribution in [2.24, 2.45) is 5.92 Å². The molecular weight excluding hydrogens is 115 g/mol. The molecule has 0 rings (SSSR count). The second-order valence-electron chi connectivity index (χ2n) is 2.94. The van der Waals surface area contributed by atoms with Gasteiger partial charge in [0.05, 0.1) is 0 Å². The van der Waals surface area contributed by atoms with Gasteiger partial charge in [-0.2, -0.15) is 0 Å². The molecule has 56 valence electrons. The lowest BCUT2D eigenvalue weighted by molar-refractivity contribution is 0.105. The second-order valence-corrected chi connectivity index (χ2v) is 2.94. The van der Waals surface area contributed by atoms with E-state index in [0.29, 0.717) is 6.42 Å². The van der Waals surface area contributed by atoms with E-state index in [2.05, 4.69) is 0 Å². The van der Waals surface area contributed by atoms with E-state index in [9.17, 15) is 4.39 Å². The molecule has 0 bridgehead atoms. The molecule has 2 atom stereocenters. The van der Waals surface area contributed by atoms with Crippen LogP contribution in [-0.4, -0.2) is 5.67 Å². The van der Waals surface area contributed by atoms with Crippen LogP contribution in [0.25, 0.3) is 0 Å². The Labute approximate surface area is 57.5 Å². The largest absolute Gasteiger partial charge is 0.244 e. The molecule has 0 aliphatic heterocycles. The molecule has 0 radical (unpaired) electrons. The van der Waals surface area contributed by atoms with Gasteiger partial charge in [0.25, 0.3) is 0 Å². The van der Waals surface area contributed by atoms with Gasteiger partial charge in [-0.3, -0.25) is 0 Å². The Hall–Kier alpha value is -0.0700. The number of hydrogen-bond acceptors (Lipinski definition) is 0. The summed E-state index contributed by atoms with van der Waals surface area (Å²) in [6, 6.07) is 0. The van der Waals surface area contributed by atoms with E-state index in [1.807, 2.05) is 20.8 Å². The topological polar surface area (TPSA) is 0 Å². The molecule has 0 heterocycles. The Morgan fingerprint density at radius 3 is 2.00 bits per heavy atom. The fourth-order valence-electron chi connectivity index (χ4n) is 0.774. The van der Waals surface area contributed by atoms with Gasteiger partial charge in [-0.1, -0.05) is 27.2 Å². The van der Waals surface area contributed by atoms with Crippen molar-refractivity contribution in [3.05, 3.63) is 0 Å². The summed E-state index contributed by atoms with van der Waals surface area (Å²) in [5.74, 6) is 0.197. The van der Waals surface area contributed by atoms with Crippen LogP contribution < -0.4 is 0 Å². The first-order chi connectivity index (χ1) is 4.04. The third-order valence-electron chi connectivity index (χ3n) is 2.33. The van der Waals surface area contributed by atoms with Crippen LogP contribution in [0.5, 0.6) is 0 Å². The monoisotopic (exact) mass is 132 g/mol. The lowest BCUT2D eigenvalue weighted by atomic mass is 9.88. The lowest BCUT2D eigenvalue weighted by Crippen LogP contribution is -2.25. The van der Waals surface area contributed by atoms with Crippen LogP contribution in [-0.2, 0) is 0 Å². The highest BCUT2D eigenvalue weighted by Crippen LogP contribution is 2.27. The molecule has 0 aromatic heterocycles. The molecule has 0 amide bonds. The van der Waals surface area contributed by atoms with Gasteiger partial charge in [0, 0.05) is 0 Å². The average molecular weight is 132 g/mol. The summed E-state index contributed by atoms with van der Waals surface area (Å²) in [6.07, 6.45) is 1.56. The standard InChI is InChI=1S/C8H17F/c1-5-7(3)8(4,9)6-2/h7H,5-6H2,1-4H3/t7?,8-/m0/s1. The SMILES string of the molecule is CCC(C)[C@@](C)(F)CC. The Balaban J connectivity index is 3.80. The van der Waals surface area contributed by atoms with E-state index in [4.69, 9.17) is 0 Å². The van der Waals surface area contributed by atoms with Crippen LogP contribution in [0.15, 0.2) is 0 Å². The number of alkyl halides is 1. The Morgan fingerprint density at radius 2 is 1.89 bits per heavy atom. The van der Waals surface area contributed by atoms with Gasteiger partial charge in [0.2, 0.25) is 0 Å². The Bertz CT molecular complexity index is 76.6. The predicted octanol–water partition coefficient (Wildman–Crippen LogP) is 3.17. The molecule has 9 heavy (non-hydrogen) atoms. The molecule has 0 aliphatic rings.